The standard InChI is InChI=1S/C23H23N3O3S/c1-16-2-7-18(8-3-16)23-26-19(15-30-23)12-13-25-22(28)11-6-17-4-9-20(10-5-17)29-14-21(24)27/h2-11,15H,12-14H2,1H3,(H2,24,27)(H,25,28)/b11-6+. The minimum absolute atomic E-state index is 0.164. The van der Waals surface area contributed by atoms with E-state index in [1.54, 1.807) is 41.7 Å². The highest BCUT2D eigenvalue weighted by molar-refractivity contribution is 7.13. The molecule has 30 heavy (non-hydrogen) atoms. The Balaban J connectivity index is 1.43. The van der Waals surface area contributed by atoms with E-state index in [-0.39, 0.29) is 12.5 Å². The molecular weight excluding hydrogens is 398 g/mol. The zero-order valence-electron chi connectivity index (χ0n) is 16.6. The van der Waals surface area contributed by atoms with Crippen molar-refractivity contribution in [3.63, 3.8) is 0 Å². The lowest BCUT2D eigenvalue weighted by molar-refractivity contribution is -0.120. The number of nitrogens with one attached hydrogen (secondary N) is 1. The maximum absolute atomic E-state index is 12.0. The predicted octanol–water partition coefficient (Wildman–Crippen LogP) is 3.35. The quantitative estimate of drug-likeness (QED) is 0.518. The van der Waals surface area contributed by atoms with E-state index in [9.17, 15) is 9.59 Å². The summed E-state index contributed by atoms with van der Waals surface area (Å²) in [5.74, 6) is -0.151. The third kappa shape index (κ3) is 6.56. The van der Waals surface area contributed by atoms with E-state index in [0.29, 0.717) is 18.7 Å². The number of carbonyl (C=O) groups excluding carboxylic acids is 2. The Morgan fingerprint density at radius 1 is 1.13 bits per heavy atom. The van der Waals surface area contributed by atoms with Crippen LogP contribution in [0.3, 0.4) is 0 Å². The minimum atomic E-state index is -0.528. The largest absolute Gasteiger partial charge is 0.484 e. The van der Waals surface area contributed by atoms with E-state index in [1.165, 1.54) is 11.6 Å². The summed E-state index contributed by atoms with van der Waals surface area (Å²) in [7, 11) is 0. The van der Waals surface area contributed by atoms with Crippen molar-refractivity contribution in [2.45, 2.75) is 13.3 Å². The molecule has 3 aromatic rings. The highest BCUT2D eigenvalue weighted by atomic mass is 32.1. The molecule has 3 N–H and O–H groups in total. The fraction of sp³-hybridized carbons (Fsp3) is 0.174. The van der Waals surface area contributed by atoms with Gasteiger partial charge in [-0.2, -0.15) is 0 Å². The van der Waals surface area contributed by atoms with Gasteiger partial charge in [0.25, 0.3) is 5.91 Å². The highest BCUT2D eigenvalue weighted by Crippen LogP contribution is 2.24. The molecule has 0 atom stereocenters. The molecule has 0 fully saturated rings. The van der Waals surface area contributed by atoms with Gasteiger partial charge < -0.3 is 15.8 Å². The number of aromatic nitrogens is 1. The van der Waals surface area contributed by atoms with Crippen molar-refractivity contribution >= 4 is 29.2 Å². The Morgan fingerprint density at radius 3 is 2.57 bits per heavy atom. The molecule has 0 aliphatic rings. The number of hydrogen-bond acceptors (Lipinski definition) is 5. The summed E-state index contributed by atoms with van der Waals surface area (Å²) in [6.45, 7) is 2.41. The van der Waals surface area contributed by atoms with Crippen molar-refractivity contribution in [2.24, 2.45) is 5.73 Å². The lowest BCUT2D eigenvalue weighted by Crippen LogP contribution is -2.23. The molecule has 154 valence electrons. The molecule has 7 heteroatoms. The number of nitrogens with zero attached hydrogens (tertiary/aromatic N) is 1. The van der Waals surface area contributed by atoms with Crippen LogP contribution in [0.5, 0.6) is 5.75 Å². The Labute approximate surface area is 179 Å². The van der Waals surface area contributed by atoms with Gasteiger partial charge in [0.2, 0.25) is 5.91 Å². The van der Waals surface area contributed by atoms with Gasteiger partial charge in [0, 0.05) is 30.0 Å². The molecule has 0 bridgehead atoms. The Bertz CT molecular complexity index is 1020. The topological polar surface area (TPSA) is 94.3 Å². The smallest absolute Gasteiger partial charge is 0.255 e. The summed E-state index contributed by atoms with van der Waals surface area (Å²) in [6, 6.07) is 15.3. The average molecular weight is 422 g/mol. The third-order valence-corrected chi connectivity index (χ3v) is 5.16. The van der Waals surface area contributed by atoms with Crippen molar-refractivity contribution < 1.29 is 14.3 Å². The molecule has 2 aromatic carbocycles. The number of carbonyl (C=O) groups is 2. The number of ether oxygens (including phenoxy) is 1. The van der Waals surface area contributed by atoms with E-state index in [0.717, 1.165) is 21.8 Å². The van der Waals surface area contributed by atoms with Crippen LogP contribution in [0, 0.1) is 6.92 Å². The van der Waals surface area contributed by atoms with Crippen molar-refractivity contribution in [1.82, 2.24) is 10.3 Å². The Morgan fingerprint density at radius 2 is 1.87 bits per heavy atom. The van der Waals surface area contributed by atoms with Crippen molar-refractivity contribution in [1.29, 1.82) is 0 Å². The van der Waals surface area contributed by atoms with Crippen molar-refractivity contribution in [3.05, 3.63) is 76.8 Å². The van der Waals surface area contributed by atoms with Crippen LogP contribution in [0.4, 0.5) is 0 Å². The van der Waals surface area contributed by atoms with Crippen molar-refractivity contribution in [3.8, 4) is 16.3 Å². The van der Waals surface area contributed by atoms with Crippen LogP contribution in [0.25, 0.3) is 16.6 Å². The van der Waals surface area contributed by atoms with Gasteiger partial charge in [-0.25, -0.2) is 4.98 Å². The maximum atomic E-state index is 12.0. The first kappa shape index (κ1) is 21.3. The number of aryl methyl sites for hydroxylation is 1. The summed E-state index contributed by atoms with van der Waals surface area (Å²) in [5, 5.41) is 5.88. The SMILES string of the molecule is Cc1ccc(-c2nc(CCNC(=O)/C=C/c3ccc(OCC(N)=O)cc3)cs2)cc1. The van der Waals surface area contributed by atoms with Gasteiger partial charge in [-0.15, -0.1) is 11.3 Å². The first-order valence-corrected chi connectivity index (χ1v) is 10.4. The molecule has 1 heterocycles. The molecule has 6 nitrogen and oxygen atoms in total. The lowest BCUT2D eigenvalue weighted by Gasteiger charge is -2.03. The van der Waals surface area contributed by atoms with Gasteiger partial charge in [-0.1, -0.05) is 42.0 Å². The fourth-order valence-electron chi connectivity index (χ4n) is 2.62. The van der Waals surface area contributed by atoms with E-state index in [4.69, 9.17) is 10.5 Å². The van der Waals surface area contributed by atoms with E-state index < -0.39 is 5.91 Å². The molecule has 0 saturated heterocycles. The first-order valence-electron chi connectivity index (χ1n) is 9.48. The number of nitrogens with two attached hydrogens (primary N) is 1. The number of amides is 2. The molecule has 0 spiro atoms. The maximum Gasteiger partial charge on any atom is 0.255 e. The van der Waals surface area contributed by atoms with Gasteiger partial charge in [-0.3, -0.25) is 9.59 Å². The summed E-state index contributed by atoms with van der Waals surface area (Å²) < 4.78 is 5.20. The highest BCUT2D eigenvalue weighted by Gasteiger charge is 2.05. The van der Waals surface area contributed by atoms with Crippen LogP contribution in [0.2, 0.25) is 0 Å². The third-order valence-electron chi connectivity index (χ3n) is 4.22. The van der Waals surface area contributed by atoms with Crippen LogP contribution >= 0.6 is 11.3 Å². The van der Waals surface area contributed by atoms with Crippen LogP contribution in [-0.2, 0) is 16.0 Å². The fourth-order valence-corrected chi connectivity index (χ4v) is 3.49. The molecular formula is C23H23N3O3S. The molecule has 0 aliphatic heterocycles. The van der Waals surface area contributed by atoms with Gasteiger partial charge in [0.1, 0.15) is 10.8 Å². The van der Waals surface area contributed by atoms with Crippen LogP contribution in [0.1, 0.15) is 16.8 Å². The number of hydrogen-bond donors (Lipinski definition) is 2. The Kier molecular flexibility index (Phi) is 7.34. The Hall–Kier alpha value is -3.45. The molecule has 3 rings (SSSR count). The monoisotopic (exact) mass is 421 g/mol. The van der Waals surface area contributed by atoms with Crippen molar-refractivity contribution in [2.75, 3.05) is 13.2 Å². The number of benzene rings is 2. The molecule has 1 aromatic heterocycles. The molecule has 2 amide bonds. The van der Waals surface area contributed by atoms with Crippen LogP contribution < -0.4 is 15.8 Å². The van der Waals surface area contributed by atoms with Gasteiger partial charge >= 0.3 is 0 Å². The van der Waals surface area contributed by atoms with Gasteiger partial charge in [0.05, 0.1) is 5.69 Å². The summed E-state index contributed by atoms with van der Waals surface area (Å²) in [4.78, 5) is 27.4. The summed E-state index contributed by atoms with van der Waals surface area (Å²) >= 11 is 1.61. The van der Waals surface area contributed by atoms with E-state index >= 15 is 0 Å². The molecule has 0 saturated carbocycles. The second kappa shape index (κ2) is 10.4. The van der Waals surface area contributed by atoms with Gasteiger partial charge in [0.15, 0.2) is 6.61 Å². The summed E-state index contributed by atoms with van der Waals surface area (Å²) in [5.41, 5.74) is 9.18. The molecule has 0 aliphatic carbocycles. The minimum Gasteiger partial charge on any atom is -0.484 e. The average Bonchev–Trinajstić information content (AvgIpc) is 3.21. The normalized spacial score (nSPS) is 10.8. The predicted molar refractivity (Wildman–Crippen MR) is 119 cm³/mol. The number of rotatable bonds is 9. The second-order valence-electron chi connectivity index (χ2n) is 6.71. The summed E-state index contributed by atoms with van der Waals surface area (Å²) in [6.07, 6.45) is 3.87. The van der Waals surface area contributed by atoms with Crippen LogP contribution in [-0.4, -0.2) is 29.9 Å². The van der Waals surface area contributed by atoms with Gasteiger partial charge in [-0.05, 0) is 30.7 Å². The van der Waals surface area contributed by atoms with E-state index in [1.807, 2.05) is 5.38 Å². The first-order chi connectivity index (χ1) is 14.5. The number of thiazole rings is 1. The van der Waals surface area contributed by atoms with E-state index in [2.05, 4.69) is 41.5 Å². The molecule has 0 unspecified atom stereocenters. The molecule has 0 radical (unpaired) electrons. The number of primary amides is 1. The second-order valence-corrected chi connectivity index (χ2v) is 7.57. The van der Waals surface area contributed by atoms with Crippen LogP contribution in [0.15, 0.2) is 60.0 Å². The zero-order valence-corrected chi connectivity index (χ0v) is 17.4. The lowest BCUT2D eigenvalue weighted by atomic mass is 10.2. The zero-order chi connectivity index (χ0) is 21.3.